The van der Waals surface area contributed by atoms with Crippen molar-refractivity contribution in [2.75, 3.05) is 6.54 Å². The average molecular weight is 306 g/mol. The summed E-state index contributed by atoms with van der Waals surface area (Å²) in [5.74, 6) is -0.563. The van der Waals surface area contributed by atoms with Crippen molar-refractivity contribution in [3.8, 4) is 0 Å². The van der Waals surface area contributed by atoms with Crippen LogP contribution in [0.2, 0.25) is 0 Å². The highest BCUT2D eigenvalue weighted by Gasteiger charge is 2.35. The Bertz CT molecular complexity index is 490. The summed E-state index contributed by atoms with van der Waals surface area (Å²) in [7, 11) is 0. The van der Waals surface area contributed by atoms with Gasteiger partial charge in [0.1, 0.15) is 0 Å². The van der Waals surface area contributed by atoms with Crippen LogP contribution in [0.5, 0.6) is 0 Å². The van der Waals surface area contributed by atoms with Crippen LogP contribution in [0, 0.1) is 5.92 Å². The molecule has 0 spiro atoms. The van der Waals surface area contributed by atoms with Crippen LogP contribution in [-0.4, -0.2) is 17.8 Å². The molecule has 0 heterocycles. The zero-order valence-corrected chi connectivity index (χ0v) is 11.5. The van der Waals surface area contributed by atoms with E-state index in [0.29, 0.717) is 6.54 Å². The van der Waals surface area contributed by atoms with E-state index in [2.05, 4.69) is 5.32 Å². The minimum absolute atomic E-state index is 0.00633. The third-order valence-electron chi connectivity index (χ3n) is 3.57. The smallest absolute Gasteiger partial charge is 0.352 e. The van der Waals surface area contributed by atoms with Gasteiger partial charge in [0.25, 0.3) is 5.91 Å². The second-order valence-corrected chi connectivity index (χ2v) is 5.52. The van der Waals surface area contributed by atoms with Crippen LogP contribution >= 0.6 is 11.6 Å². The largest absolute Gasteiger partial charge is 0.417 e. The quantitative estimate of drug-likeness (QED) is 0.845. The van der Waals surface area contributed by atoms with Crippen LogP contribution in [0.15, 0.2) is 24.3 Å². The number of hydrogen-bond acceptors (Lipinski definition) is 1. The topological polar surface area (TPSA) is 29.1 Å². The Morgan fingerprint density at radius 3 is 2.60 bits per heavy atom. The maximum Gasteiger partial charge on any atom is 0.417 e. The molecule has 1 aliphatic carbocycles. The Kier molecular flexibility index (Phi) is 4.58. The van der Waals surface area contributed by atoms with E-state index in [9.17, 15) is 18.0 Å². The number of carbonyl (C=O) groups is 1. The van der Waals surface area contributed by atoms with Gasteiger partial charge in [-0.05, 0) is 30.9 Å². The molecule has 1 aliphatic rings. The first-order valence-corrected chi connectivity index (χ1v) is 6.91. The van der Waals surface area contributed by atoms with E-state index in [-0.39, 0.29) is 16.9 Å². The van der Waals surface area contributed by atoms with Crippen molar-refractivity contribution < 1.29 is 18.0 Å². The highest BCUT2D eigenvalue weighted by molar-refractivity contribution is 6.21. The van der Waals surface area contributed by atoms with Gasteiger partial charge >= 0.3 is 6.18 Å². The van der Waals surface area contributed by atoms with E-state index in [1.165, 1.54) is 18.2 Å². The molecular formula is C14H15ClF3NO. The van der Waals surface area contributed by atoms with E-state index in [1.54, 1.807) is 0 Å². The first-order valence-electron chi connectivity index (χ1n) is 6.48. The summed E-state index contributed by atoms with van der Waals surface area (Å²) in [5.41, 5.74) is -1.25. The number of carbonyl (C=O) groups excluding carboxylic acids is 1. The zero-order chi connectivity index (χ0) is 14.8. The molecule has 1 aromatic rings. The Labute approximate surface area is 120 Å². The summed E-state index contributed by atoms with van der Waals surface area (Å²) in [4.78, 5) is 11.9. The van der Waals surface area contributed by atoms with Gasteiger partial charge in [0.2, 0.25) is 0 Å². The van der Waals surface area contributed by atoms with Crippen molar-refractivity contribution in [3.05, 3.63) is 35.4 Å². The fraction of sp³-hybridized carbons (Fsp3) is 0.500. The highest BCUT2D eigenvalue weighted by Crippen LogP contribution is 2.32. The molecule has 0 bridgehead atoms. The predicted molar refractivity (Wildman–Crippen MR) is 70.8 cm³/mol. The van der Waals surface area contributed by atoms with Crippen molar-refractivity contribution in [1.29, 1.82) is 0 Å². The SMILES string of the molecule is O=C(NCC1CCCC1Cl)c1ccccc1C(F)(F)F. The Morgan fingerprint density at radius 2 is 2.00 bits per heavy atom. The summed E-state index contributed by atoms with van der Waals surface area (Å²) in [6.07, 6.45) is -1.75. The molecule has 20 heavy (non-hydrogen) atoms. The van der Waals surface area contributed by atoms with Crippen LogP contribution < -0.4 is 5.32 Å². The monoisotopic (exact) mass is 305 g/mol. The van der Waals surface area contributed by atoms with Crippen LogP contribution in [0.1, 0.15) is 35.2 Å². The van der Waals surface area contributed by atoms with E-state index < -0.39 is 17.6 Å². The van der Waals surface area contributed by atoms with E-state index in [4.69, 9.17) is 11.6 Å². The lowest BCUT2D eigenvalue weighted by atomic mass is 10.1. The molecule has 2 rings (SSSR count). The number of alkyl halides is 4. The lowest BCUT2D eigenvalue weighted by molar-refractivity contribution is -0.137. The summed E-state index contributed by atoms with van der Waals surface area (Å²) < 4.78 is 38.4. The van der Waals surface area contributed by atoms with Gasteiger partial charge in [0, 0.05) is 11.9 Å². The lowest BCUT2D eigenvalue weighted by Gasteiger charge is -2.16. The van der Waals surface area contributed by atoms with E-state index >= 15 is 0 Å². The summed E-state index contributed by atoms with van der Waals surface area (Å²) in [6.45, 7) is 0.319. The molecule has 0 aromatic heterocycles. The van der Waals surface area contributed by atoms with Crippen LogP contribution in [0.4, 0.5) is 13.2 Å². The average Bonchev–Trinajstić information content (AvgIpc) is 2.80. The highest BCUT2D eigenvalue weighted by atomic mass is 35.5. The zero-order valence-electron chi connectivity index (χ0n) is 10.7. The van der Waals surface area contributed by atoms with Crippen molar-refractivity contribution in [2.45, 2.75) is 30.8 Å². The summed E-state index contributed by atoms with van der Waals surface area (Å²) in [5, 5.41) is 2.55. The van der Waals surface area contributed by atoms with Gasteiger partial charge in [-0.3, -0.25) is 4.79 Å². The number of amides is 1. The number of benzene rings is 1. The van der Waals surface area contributed by atoms with Crippen molar-refractivity contribution in [1.82, 2.24) is 5.32 Å². The molecule has 0 aliphatic heterocycles. The number of halogens is 4. The second-order valence-electron chi connectivity index (χ2n) is 4.96. The number of rotatable bonds is 3. The molecule has 1 saturated carbocycles. The third-order valence-corrected chi connectivity index (χ3v) is 4.14. The molecule has 1 aromatic carbocycles. The van der Waals surface area contributed by atoms with Crippen LogP contribution in [0.25, 0.3) is 0 Å². The molecule has 1 amide bonds. The molecular weight excluding hydrogens is 291 g/mol. The van der Waals surface area contributed by atoms with Gasteiger partial charge in [-0.25, -0.2) is 0 Å². The molecule has 1 fully saturated rings. The van der Waals surface area contributed by atoms with Crippen LogP contribution in [0.3, 0.4) is 0 Å². The van der Waals surface area contributed by atoms with Gasteiger partial charge in [0.15, 0.2) is 0 Å². The number of nitrogens with one attached hydrogen (secondary N) is 1. The molecule has 2 atom stereocenters. The summed E-state index contributed by atoms with van der Waals surface area (Å²) in [6, 6.07) is 4.79. The molecule has 2 unspecified atom stereocenters. The normalized spacial score (nSPS) is 22.8. The van der Waals surface area contributed by atoms with Crippen LogP contribution in [-0.2, 0) is 6.18 Å². The Balaban J connectivity index is 2.06. The second kappa shape index (κ2) is 6.04. The minimum Gasteiger partial charge on any atom is -0.352 e. The molecule has 0 saturated heterocycles. The van der Waals surface area contributed by atoms with Gasteiger partial charge in [-0.15, -0.1) is 11.6 Å². The predicted octanol–water partition coefficient (Wildman–Crippen LogP) is 3.84. The molecule has 6 heteroatoms. The number of hydrogen-bond donors (Lipinski definition) is 1. The van der Waals surface area contributed by atoms with Crippen molar-refractivity contribution in [3.63, 3.8) is 0 Å². The first-order chi connectivity index (χ1) is 9.39. The third kappa shape index (κ3) is 3.45. The van der Waals surface area contributed by atoms with Gasteiger partial charge in [0.05, 0.1) is 11.1 Å². The molecule has 1 N–H and O–H groups in total. The van der Waals surface area contributed by atoms with Gasteiger partial charge in [-0.2, -0.15) is 13.2 Å². The standard InChI is InChI=1S/C14H15ClF3NO/c15-12-7-3-4-9(12)8-19-13(20)10-5-1-2-6-11(10)14(16,17)18/h1-2,5-6,9,12H,3-4,7-8H2,(H,19,20). The van der Waals surface area contributed by atoms with Gasteiger partial charge < -0.3 is 5.32 Å². The molecule has 110 valence electrons. The fourth-order valence-electron chi connectivity index (χ4n) is 2.47. The summed E-state index contributed by atoms with van der Waals surface area (Å²) >= 11 is 6.08. The van der Waals surface area contributed by atoms with Crippen molar-refractivity contribution in [2.24, 2.45) is 5.92 Å². The molecule has 0 radical (unpaired) electrons. The fourth-order valence-corrected chi connectivity index (χ4v) is 2.84. The van der Waals surface area contributed by atoms with E-state index in [1.807, 2.05) is 0 Å². The lowest BCUT2D eigenvalue weighted by Crippen LogP contribution is -2.32. The molecule has 2 nitrogen and oxygen atoms in total. The van der Waals surface area contributed by atoms with Gasteiger partial charge in [-0.1, -0.05) is 18.6 Å². The van der Waals surface area contributed by atoms with E-state index in [0.717, 1.165) is 25.3 Å². The maximum atomic E-state index is 12.8. The minimum atomic E-state index is -4.53. The maximum absolute atomic E-state index is 12.8. The first kappa shape index (κ1) is 15.2. The Morgan fingerprint density at radius 1 is 1.30 bits per heavy atom. The van der Waals surface area contributed by atoms with Crippen molar-refractivity contribution >= 4 is 17.5 Å². The Hall–Kier alpha value is -1.23.